The third-order valence-corrected chi connectivity index (χ3v) is 5.50. The van der Waals surface area contributed by atoms with Crippen molar-refractivity contribution in [3.8, 4) is 0 Å². The molecule has 116 valence electrons. The van der Waals surface area contributed by atoms with Crippen LogP contribution in [-0.4, -0.2) is 41.4 Å². The highest BCUT2D eigenvalue weighted by molar-refractivity contribution is 6.07. The second-order valence-corrected chi connectivity index (χ2v) is 7.25. The average molecular weight is 293 g/mol. The van der Waals surface area contributed by atoms with E-state index in [1.165, 1.54) is 0 Å². The number of imide groups is 1. The highest BCUT2D eigenvalue weighted by Crippen LogP contribution is 2.44. The molecule has 3 rings (SSSR count). The Labute approximate surface area is 124 Å². The molecular formula is C15H23N3O3. The Kier molecular flexibility index (Phi) is 3.22. The summed E-state index contributed by atoms with van der Waals surface area (Å²) < 4.78 is 0. The monoisotopic (exact) mass is 293 g/mol. The van der Waals surface area contributed by atoms with Gasteiger partial charge in [-0.25, -0.2) is 4.79 Å². The summed E-state index contributed by atoms with van der Waals surface area (Å²) in [5, 5.41) is 5.02. The molecule has 0 aromatic heterocycles. The van der Waals surface area contributed by atoms with Crippen molar-refractivity contribution in [3.63, 3.8) is 0 Å². The Hall–Kier alpha value is -1.59. The van der Waals surface area contributed by atoms with E-state index in [0.717, 1.165) is 19.3 Å². The summed E-state index contributed by atoms with van der Waals surface area (Å²) in [5.74, 6) is 0.0661. The van der Waals surface area contributed by atoms with Gasteiger partial charge in [0.05, 0.1) is 0 Å². The smallest absolute Gasteiger partial charge is 0.322 e. The van der Waals surface area contributed by atoms with Gasteiger partial charge in [-0.2, -0.15) is 0 Å². The molecule has 1 spiro atoms. The number of urea groups is 1. The summed E-state index contributed by atoms with van der Waals surface area (Å²) in [7, 11) is 0. The van der Waals surface area contributed by atoms with Crippen LogP contribution in [0.3, 0.4) is 0 Å². The zero-order chi connectivity index (χ0) is 15.3. The van der Waals surface area contributed by atoms with Gasteiger partial charge >= 0.3 is 6.03 Å². The van der Waals surface area contributed by atoms with E-state index < -0.39 is 11.6 Å². The first-order chi connectivity index (χ1) is 9.84. The van der Waals surface area contributed by atoms with Crippen LogP contribution < -0.4 is 10.6 Å². The van der Waals surface area contributed by atoms with Gasteiger partial charge in [0.25, 0.3) is 5.91 Å². The molecule has 6 nitrogen and oxygen atoms in total. The SMILES string of the molecule is CC1(C)CCCC1C(=O)N1CCC2(CC1)NC(=O)NC2=O. The molecule has 21 heavy (non-hydrogen) atoms. The summed E-state index contributed by atoms with van der Waals surface area (Å²) in [6, 6.07) is -0.420. The van der Waals surface area contributed by atoms with E-state index in [-0.39, 0.29) is 23.1 Å². The second-order valence-electron chi connectivity index (χ2n) is 7.25. The van der Waals surface area contributed by atoms with Crippen LogP contribution in [-0.2, 0) is 9.59 Å². The summed E-state index contributed by atoms with van der Waals surface area (Å²) in [6.45, 7) is 5.41. The van der Waals surface area contributed by atoms with Gasteiger partial charge in [-0.15, -0.1) is 0 Å². The summed E-state index contributed by atoms with van der Waals surface area (Å²) >= 11 is 0. The molecule has 1 unspecified atom stereocenters. The van der Waals surface area contributed by atoms with E-state index >= 15 is 0 Å². The van der Waals surface area contributed by atoms with Crippen LogP contribution in [0.25, 0.3) is 0 Å². The first-order valence-corrected chi connectivity index (χ1v) is 7.76. The number of piperidine rings is 1. The van der Waals surface area contributed by atoms with Gasteiger partial charge in [0, 0.05) is 19.0 Å². The minimum Gasteiger partial charge on any atom is -0.342 e. The highest BCUT2D eigenvalue weighted by atomic mass is 16.2. The normalized spacial score (nSPS) is 30.4. The first-order valence-electron chi connectivity index (χ1n) is 7.76. The van der Waals surface area contributed by atoms with E-state index in [0.29, 0.717) is 25.9 Å². The standard InChI is InChI=1S/C15H23N3O3/c1-14(2)5-3-4-10(14)11(19)18-8-6-15(7-9-18)12(20)16-13(21)17-15/h10H,3-9H2,1-2H3,(H2,16,17,20,21). The predicted molar refractivity (Wildman–Crippen MR) is 76.3 cm³/mol. The van der Waals surface area contributed by atoms with E-state index in [1.54, 1.807) is 0 Å². The molecule has 2 aliphatic heterocycles. The Morgan fingerprint density at radius 3 is 2.33 bits per heavy atom. The fourth-order valence-corrected chi connectivity index (χ4v) is 3.99. The summed E-state index contributed by atoms with van der Waals surface area (Å²) in [4.78, 5) is 37.8. The lowest BCUT2D eigenvalue weighted by atomic mass is 9.80. The third kappa shape index (κ3) is 2.30. The molecule has 0 radical (unpaired) electrons. The molecule has 1 aliphatic carbocycles. The second kappa shape index (κ2) is 4.71. The van der Waals surface area contributed by atoms with Crippen LogP contribution in [0.4, 0.5) is 4.79 Å². The van der Waals surface area contributed by atoms with Crippen LogP contribution in [0.5, 0.6) is 0 Å². The molecule has 0 aromatic carbocycles. The van der Waals surface area contributed by atoms with Crippen molar-refractivity contribution in [2.45, 2.75) is 51.5 Å². The molecule has 3 fully saturated rings. The van der Waals surface area contributed by atoms with E-state index in [4.69, 9.17) is 0 Å². The largest absolute Gasteiger partial charge is 0.342 e. The van der Waals surface area contributed by atoms with Crippen LogP contribution in [0, 0.1) is 11.3 Å². The molecule has 6 heteroatoms. The molecule has 1 atom stereocenters. The molecule has 4 amide bonds. The first kappa shape index (κ1) is 14.4. The number of amides is 4. The number of nitrogens with one attached hydrogen (secondary N) is 2. The minimum absolute atomic E-state index is 0.0746. The fraction of sp³-hybridized carbons (Fsp3) is 0.800. The van der Waals surface area contributed by atoms with E-state index in [1.807, 2.05) is 4.90 Å². The van der Waals surface area contributed by atoms with Crippen molar-refractivity contribution in [1.82, 2.24) is 15.5 Å². The number of rotatable bonds is 1. The number of carbonyl (C=O) groups excluding carboxylic acids is 3. The lowest BCUT2D eigenvalue weighted by Crippen LogP contribution is -2.56. The molecule has 2 N–H and O–H groups in total. The molecule has 1 saturated carbocycles. The fourth-order valence-electron chi connectivity index (χ4n) is 3.99. The maximum Gasteiger partial charge on any atom is 0.322 e. The Morgan fingerprint density at radius 2 is 1.86 bits per heavy atom. The summed E-state index contributed by atoms with van der Waals surface area (Å²) in [6.07, 6.45) is 4.18. The van der Waals surface area contributed by atoms with Gasteiger partial charge < -0.3 is 10.2 Å². The van der Waals surface area contributed by atoms with Crippen molar-refractivity contribution in [2.75, 3.05) is 13.1 Å². The Morgan fingerprint density at radius 1 is 1.19 bits per heavy atom. The maximum absolute atomic E-state index is 12.7. The topological polar surface area (TPSA) is 78.5 Å². The van der Waals surface area contributed by atoms with Gasteiger partial charge in [0.2, 0.25) is 5.91 Å². The molecule has 0 bridgehead atoms. The lowest BCUT2D eigenvalue weighted by molar-refractivity contribution is -0.141. The van der Waals surface area contributed by atoms with Crippen LogP contribution in [0.15, 0.2) is 0 Å². The number of carbonyl (C=O) groups is 3. The Balaban J connectivity index is 1.65. The molecule has 2 saturated heterocycles. The van der Waals surface area contributed by atoms with E-state index in [9.17, 15) is 14.4 Å². The number of hydrogen-bond donors (Lipinski definition) is 2. The van der Waals surface area contributed by atoms with Crippen LogP contribution in [0.1, 0.15) is 46.0 Å². The van der Waals surface area contributed by atoms with Crippen LogP contribution >= 0.6 is 0 Å². The zero-order valence-electron chi connectivity index (χ0n) is 12.7. The third-order valence-electron chi connectivity index (χ3n) is 5.50. The number of nitrogens with zero attached hydrogens (tertiary/aromatic N) is 1. The molecular weight excluding hydrogens is 270 g/mol. The maximum atomic E-state index is 12.7. The lowest BCUT2D eigenvalue weighted by Gasteiger charge is -2.39. The predicted octanol–water partition coefficient (Wildman–Crippen LogP) is 1.01. The Bertz CT molecular complexity index is 492. The quantitative estimate of drug-likeness (QED) is 0.708. The minimum atomic E-state index is -0.793. The average Bonchev–Trinajstić information content (AvgIpc) is 2.90. The molecule has 3 aliphatic rings. The summed E-state index contributed by atoms with van der Waals surface area (Å²) in [5.41, 5.74) is -0.718. The van der Waals surface area contributed by atoms with Crippen molar-refractivity contribution in [1.29, 1.82) is 0 Å². The zero-order valence-corrected chi connectivity index (χ0v) is 12.7. The van der Waals surface area contributed by atoms with Crippen molar-refractivity contribution in [3.05, 3.63) is 0 Å². The van der Waals surface area contributed by atoms with Gasteiger partial charge in [-0.1, -0.05) is 20.3 Å². The number of hydrogen-bond acceptors (Lipinski definition) is 3. The van der Waals surface area contributed by atoms with Gasteiger partial charge in [-0.3, -0.25) is 14.9 Å². The van der Waals surface area contributed by atoms with Gasteiger partial charge in [0.15, 0.2) is 0 Å². The van der Waals surface area contributed by atoms with Crippen molar-refractivity contribution in [2.24, 2.45) is 11.3 Å². The van der Waals surface area contributed by atoms with Crippen molar-refractivity contribution < 1.29 is 14.4 Å². The van der Waals surface area contributed by atoms with Crippen LogP contribution in [0.2, 0.25) is 0 Å². The highest BCUT2D eigenvalue weighted by Gasteiger charge is 2.49. The molecule has 2 heterocycles. The van der Waals surface area contributed by atoms with E-state index in [2.05, 4.69) is 24.5 Å². The van der Waals surface area contributed by atoms with Crippen molar-refractivity contribution >= 4 is 17.8 Å². The van der Waals surface area contributed by atoms with Gasteiger partial charge in [0.1, 0.15) is 5.54 Å². The number of likely N-dealkylation sites (tertiary alicyclic amines) is 1. The molecule has 0 aromatic rings. The van der Waals surface area contributed by atoms with Gasteiger partial charge in [-0.05, 0) is 31.1 Å².